The smallest absolute Gasteiger partial charge is 0.264 e. The van der Waals surface area contributed by atoms with Gasteiger partial charge in [0, 0.05) is 11.8 Å². The van der Waals surface area contributed by atoms with Gasteiger partial charge in [0.1, 0.15) is 18.0 Å². The van der Waals surface area contributed by atoms with Crippen molar-refractivity contribution in [1.29, 1.82) is 0 Å². The first-order chi connectivity index (χ1) is 14.8. The molecule has 0 heterocycles. The monoisotopic (exact) mass is 440 g/mol. The second-order valence-electron chi connectivity index (χ2n) is 6.78. The largest absolute Gasteiger partial charge is 0.497 e. The lowest BCUT2D eigenvalue weighted by Crippen LogP contribution is -2.38. The van der Waals surface area contributed by atoms with E-state index in [2.05, 4.69) is 5.32 Å². The zero-order chi connectivity index (χ0) is 22.4. The molecule has 7 nitrogen and oxygen atoms in total. The molecule has 31 heavy (non-hydrogen) atoms. The van der Waals surface area contributed by atoms with Crippen LogP contribution in [-0.4, -0.2) is 35.1 Å². The Kier molecular flexibility index (Phi) is 6.81. The van der Waals surface area contributed by atoms with E-state index in [1.807, 2.05) is 13.0 Å². The van der Waals surface area contributed by atoms with Gasteiger partial charge >= 0.3 is 0 Å². The van der Waals surface area contributed by atoms with Gasteiger partial charge in [0.2, 0.25) is 5.91 Å². The van der Waals surface area contributed by atoms with Gasteiger partial charge < -0.3 is 14.8 Å². The number of methoxy groups -OCH3 is 2. The van der Waals surface area contributed by atoms with Gasteiger partial charge in [-0.2, -0.15) is 0 Å². The molecule has 0 aliphatic rings. The fraction of sp³-hybridized carbons (Fsp3) is 0.174. The summed E-state index contributed by atoms with van der Waals surface area (Å²) < 4.78 is 38.8. The number of aryl methyl sites for hydroxylation is 1. The number of sulfonamides is 1. The van der Waals surface area contributed by atoms with Crippen molar-refractivity contribution in [1.82, 2.24) is 0 Å². The molecule has 0 radical (unpaired) electrons. The molecule has 0 saturated heterocycles. The summed E-state index contributed by atoms with van der Waals surface area (Å²) in [5.41, 5.74) is 1.69. The highest BCUT2D eigenvalue weighted by atomic mass is 32.2. The Bertz CT molecular complexity index is 1150. The molecule has 0 aromatic heterocycles. The fourth-order valence-corrected chi connectivity index (χ4v) is 4.40. The van der Waals surface area contributed by atoms with Crippen LogP contribution in [-0.2, 0) is 14.8 Å². The normalized spacial score (nSPS) is 10.9. The lowest BCUT2D eigenvalue weighted by Gasteiger charge is -2.26. The van der Waals surface area contributed by atoms with E-state index in [-0.39, 0.29) is 10.6 Å². The maximum Gasteiger partial charge on any atom is 0.264 e. The minimum Gasteiger partial charge on any atom is -0.497 e. The number of rotatable bonds is 8. The Balaban J connectivity index is 2.05. The van der Waals surface area contributed by atoms with Gasteiger partial charge in [-0.15, -0.1) is 0 Å². The molecule has 8 heteroatoms. The number of carbonyl (C=O) groups excluding carboxylic acids is 1. The summed E-state index contributed by atoms with van der Waals surface area (Å²) in [6.45, 7) is 1.42. The van der Waals surface area contributed by atoms with E-state index in [9.17, 15) is 13.2 Å². The van der Waals surface area contributed by atoms with Crippen LogP contribution in [0.25, 0.3) is 0 Å². The van der Waals surface area contributed by atoms with E-state index in [4.69, 9.17) is 9.47 Å². The average molecular weight is 441 g/mol. The summed E-state index contributed by atoms with van der Waals surface area (Å²) in [7, 11) is -1.16. The average Bonchev–Trinajstić information content (AvgIpc) is 2.78. The highest BCUT2D eigenvalue weighted by Gasteiger charge is 2.30. The summed E-state index contributed by atoms with van der Waals surface area (Å²) in [6.07, 6.45) is 0. The Labute approximate surface area is 182 Å². The zero-order valence-electron chi connectivity index (χ0n) is 17.5. The molecule has 0 fully saturated rings. The van der Waals surface area contributed by atoms with Crippen LogP contribution in [0.4, 0.5) is 11.4 Å². The van der Waals surface area contributed by atoms with Crippen molar-refractivity contribution < 1.29 is 22.7 Å². The Morgan fingerprint density at radius 3 is 2.23 bits per heavy atom. The molecular formula is C23H24N2O5S. The third kappa shape index (κ3) is 5.16. The number of carbonyl (C=O) groups is 1. The predicted molar refractivity (Wildman–Crippen MR) is 120 cm³/mol. The minimum atomic E-state index is -4.08. The summed E-state index contributed by atoms with van der Waals surface area (Å²) in [4.78, 5) is 12.9. The number of nitrogens with zero attached hydrogens (tertiary/aromatic N) is 1. The molecule has 0 atom stereocenters. The number of benzene rings is 3. The SMILES string of the molecule is COc1ccc(OC)c(N(CC(=O)Nc2ccccc2)S(=O)(=O)c2ccc(C)cc2)c1. The topological polar surface area (TPSA) is 84.9 Å². The van der Waals surface area contributed by atoms with Crippen LogP contribution in [0.3, 0.4) is 0 Å². The van der Waals surface area contributed by atoms with Gasteiger partial charge in [0.05, 0.1) is 24.8 Å². The molecule has 1 N–H and O–H groups in total. The van der Waals surface area contributed by atoms with E-state index in [1.165, 1.54) is 32.4 Å². The van der Waals surface area contributed by atoms with Crippen LogP contribution < -0.4 is 19.1 Å². The van der Waals surface area contributed by atoms with Crippen LogP contribution in [0.5, 0.6) is 11.5 Å². The molecule has 1 amide bonds. The van der Waals surface area contributed by atoms with Crippen molar-refractivity contribution in [2.24, 2.45) is 0 Å². The van der Waals surface area contributed by atoms with E-state index in [0.717, 1.165) is 9.87 Å². The quantitative estimate of drug-likeness (QED) is 0.575. The first kappa shape index (κ1) is 22.2. The van der Waals surface area contributed by atoms with Gasteiger partial charge in [-0.1, -0.05) is 35.9 Å². The van der Waals surface area contributed by atoms with Crippen LogP contribution in [0.1, 0.15) is 5.56 Å². The van der Waals surface area contributed by atoms with Gasteiger partial charge in [0.15, 0.2) is 0 Å². The van der Waals surface area contributed by atoms with Crippen molar-refractivity contribution in [3.05, 3.63) is 78.4 Å². The number of ether oxygens (including phenoxy) is 2. The van der Waals surface area contributed by atoms with E-state index in [0.29, 0.717) is 17.2 Å². The molecule has 0 spiro atoms. The highest BCUT2D eigenvalue weighted by Crippen LogP contribution is 2.35. The molecule has 3 aromatic carbocycles. The highest BCUT2D eigenvalue weighted by molar-refractivity contribution is 7.92. The lowest BCUT2D eigenvalue weighted by molar-refractivity contribution is -0.114. The van der Waals surface area contributed by atoms with E-state index in [1.54, 1.807) is 48.5 Å². The first-order valence-corrected chi connectivity index (χ1v) is 11.0. The standard InChI is InChI=1S/C23H24N2O5S/c1-17-9-12-20(13-10-17)31(27,28)25(16-23(26)24-18-7-5-4-6-8-18)21-15-19(29-2)11-14-22(21)30-3/h4-15H,16H2,1-3H3,(H,24,26). The molecule has 3 aromatic rings. The molecular weight excluding hydrogens is 416 g/mol. The molecule has 0 bridgehead atoms. The van der Waals surface area contributed by atoms with Crippen LogP contribution in [0.15, 0.2) is 77.7 Å². The van der Waals surface area contributed by atoms with Crippen LogP contribution in [0.2, 0.25) is 0 Å². The number of hydrogen-bond donors (Lipinski definition) is 1. The Hall–Kier alpha value is -3.52. The van der Waals surface area contributed by atoms with Crippen molar-refractivity contribution in [2.45, 2.75) is 11.8 Å². The molecule has 0 saturated carbocycles. The van der Waals surface area contributed by atoms with Crippen LogP contribution >= 0.6 is 0 Å². The fourth-order valence-electron chi connectivity index (χ4n) is 2.98. The summed E-state index contributed by atoms with van der Waals surface area (Å²) >= 11 is 0. The summed E-state index contributed by atoms with van der Waals surface area (Å²) in [5, 5.41) is 2.72. The number of para-hydroxylation sites is 1. The molecule has 162 valence electrons. The second kappa shape index (κ2) is 9.53. The lowest BCUT2D eigenvalue weighted by atomic mass is 10.2. The van der Waals surface area contributed by atoms with Crippen molar-refractivity contribution in [3.63, 3.8) is 0 Å². The van der Waals surface area contributed by atoms with E-state index >= 15 is 0 Å². The third-order valence-electron chi connectivity index (χ3n) is 4.61. The molecule has 0 aliphatic heterocycles. The predicted octanol–water partition coefficient (Wildman–Crippen LogP) is 3.85. The number of nitrogens with one attached hydrogen (secondary N) is 1. The number of anilines is 2. The number of amides is 1. The summed E-state index contributed by atoms with van der Waals surface area (Å²) in [6, 6.07) is 20.1. The Morgan fingerprint density at radius 1 is 0.935 bits per heavy atom. The minimum absolute atomic E-state index is 0.0653. The van der Waals surface area contributed by atoms with Gasteiger partial charge in [0.25, 0.3) is 10.0 Å². The molecule has 0 aliphatic carbocycles. The van der Waals surface area contributed by atoms with Crippen molar-refractivity contribution in [3.8, 4) is 11.5 Å². The third-order valence-corrected chi connectivity index (χ3v) is 6.38. The van der Waals surface area contributed by atoms with Crippen molar-refractivity contribution >= 4 is 27.3 Å². The Morgan fingerprint density at radius 2 is 1.61 bits per heavy atom. The zero-order valence-corrected chi connectivity index (χ0v) is 18.3. The maximum absolute atomic E-state index is 13.5. The molecule has 0 unspecified atom stereocenters. The van der Waals surface area contributed by atoms with Gasteiger partial charge in [-0.3, -0.25) is 9.10 Å². The number of hydrogen-bond acceptors (Lipinski definition) is 5. The van der Waals surface area contributed by atoms with E-state index < -0.39 is 22.5 Å². The molecule has 3 rings (SSSR count). The van der Waals surface area contributed by atoms with Gasteiger partial charge in [-0.25, -0.2) is 8.42 Å². The van der Waals surface area contributed by atoms with Crippen molar-refractivity contribution in [2.75, 3.05) is 30.4 Å². The van der Waals surface area contributed by atoms with Crippen LogP contribution in [0, 0.1) is 6.92 Å². The van der Waals surface area contributed by atoms with Gasteiger partial charge in [-0.05, 0) is 43.3 Å². The second-order valence-corrected chi connectivity index (χ2v) is 8.64. The maximum atomic E-state index is 13.5. The summed E-state index contributed by atoms with van der Waals surface area (Å²) in [5.74, 6) is 0.235. The first-order valence-electron chi connectivity index (χ1n) is 9.51.